The number of aliphatic hydroxyl groups is 1. The van der Waals surface area contributed by atoms with Gasteiger partial charge in [0, 0.05) is 12.1 Å². The molecule has 0 aromatic heterocycles. The molecule has 0 spiro atoms. The van der Waals surface area contributed by atoms with Crippen molar-refractivity contribution in [3.8, 4) is 5.75 Å². The zero-order chi connectivity index (χ0) is 14.6. The lowest BCUT2D eigenvalue weighted by atomic mass is 10.2. The van der Waals surface area contributed by atoms with Crippen LogP contribution in [0.3, 0.4) is 0 Å². The van der Waals surface area contributed by atoms with Gasteiger partial charge in [-0.15, -0.1) is 0 Å². The minimum absolute atomic E-state index is 0.000288. The Morgan fingerprint density at radius 2 is 1.68 bits per heavy atom. The summed E-state index contributed by atoms with van der Waals surface area (Å²) in [5, 5.41) is 11.9. The summed E-state index contributed by atoms with van der Waals surface area (Å²) in [5.74, 6) is -7.39. The highest BCUT2D eigenvalue weighted by atomic mass is 19.2. The zero-order valence-corrected chi connectivity index (χ0v) is 10.5. The van der Waals surface area contributed by atoms with Crippen LogP contribution in [0.15, 0.2) is 6.07 Å². The van der Waals surface area contributed by atoms with Crippen molar-refractivity contribution in [1.82, 2.24) is 5.32 Å². The van der Waals surface area contributed by atoms with Crippen LogP contribution in [0.2, 0.25) is 0 Å². The summed E-state index contributed by atoms with van der Waals surface area (Å²) in [6, 6.07) is -0.502. The summed E-state index contributed by atoms with van der Waals surface area (Å²) in [6.45, 7) is 2.92. The number of benzene rings is 1. The highest BCUT2D eigenvalue weighted by molar-refractivity contribution is 5.28. The standard InChI is InChI=1S/C12H15F4NO2/c1-6(2)17-7(4-18)5-19-12-10(15)8(13)3-9(14)11(12)16/h3,6-7,17-18H,4-5H2,1-2H3. The monoisotopic (exact) mass is 281 g/mol. The van der Waals surface area contributed by atoms with Crippen molar-refractivity contribution >= 4 is 0 Å². The Hall–Kier alpha value is -1.34. The number of hydrogen-bond donors (Lipinski definition) is 2. The van der Waals surface area contributed by atoms with Crippen LogP contribution in [0.5, 0.6) is 5.75 Å². The molecule has 1 rings (SSSR count). The number of rotatable bonds is 6. The SMILES string of the molecule is CC(C)NC(CO)COc1c(F)c(F)cc(F)c1F. The van der Waals surface area contributed by atoms with Crippen LogP contribution in [-0.2, 0) is 0 Å². The van der Waals surface area contributed by atoms with E-state index in [1.54, 1.807) is 13.8 Å². The number of halogens is 4. The minimum Gasteiger partial charge on any atom is -0.486 e. The molecule has 0 saturated carbocycles. The van der Waals surface area contributed by atoms with Crippen molar-refractivity contribution in [1.29, 1.82) is 0 Å². The quantitative estimate of drug-likeness (QED) is 0.619. The Bertz CT molecular complexity index is 414. The fourth-order valence-corrected chi connectivity index (χ4v) is 1.49. The highest BCUT2D eigenvalue weighted by Crippen LogP contribution is 2.26. The fraction of sp³-hybridized carbons (Fsp3) is 0.500. The van der Waals surface area contributed by atoms with E-state index in [-0.39, 0.29) is 25.3 Å². The summed E-state index contributed by atoms with van der Waals surface area (Å²) < 4.78 is 57.1. The van der Waals surface area contributed by atoms with Crippen molar-refractivity contribution in [3.05, 3.63) is 29.3 Å². The lowest BCUT2D eigenvalue weighted by molar-refractivity contribution is 0.167. The van der Waals surface area contributed by atoms with Crippen LogP contribution < -0.4 is 10.1 Å². The first-order valence-electron chi connectivity index (χ1n) is 5.69. The van der Waals surface area contributed by atoms with Crippen molar-refractivity contribution in [3.63, 3.8) is 0 Å². The molecule has 0 heterocycles. The first kappa shape index (κ1) is 15.7. The number of nitrogens with one attached hydrogen (secondary N) is 1. The van der Waals surface area contributed by atoms with E-state index in [2.05, 4.69) is 5.32 Å². The number of aliphatic hydroxyl groups excluding tert-OH is 1. The number of ether oxygens (including phenoxy) is 1. The second-order valence-electron chi connectivity index (χ2n) is 4.31. The zero-order valence-electron chi connectivity index (χ0n) is 10.5. The Balaban J connectivity index is 2.82. The molecule has 0 saturated heterocycles. The fourth-order valence-electron chi connectivity index (χ4n) is 1.49. The molecule has 1 aromatic carbocycles. The van der Waals surface area contributed by atoms with Gasteiger partial charge in [0.15, 0.2) is 17.4 Å². The van der Waals surface area contributed by atoms with Gasteiger partial charge in [0.05, 0.1) is 12.6 Å². The largest absolute Gasteiger partial charge is 0.486 e. The Kier molecular flexibility index (Phi) is 5.56. The molecule has 0 radical (unpaired) electrons. The summed E-state index contributed by atoms with van der Waals surface area (Å²) in [6.07, 6.45) is 0. The van der Waals surface area contributed by atoms with Crippen LogP contribution in [-0.4, -0.2) is 30.4 Å². The van der Waals surface area contributed by atoms with Crippen LogP contribution in [0, 0.1) is 23.3 Å². The molecule has 108 valence electrons. The van der Waals surface area contributed by atoms with Gasteiger partial charge in [0.1, 0.15) is 6.61 Å². The highest BCUT2D eigenvalue weighted by Gasteiger charge is 2.21. The number of hydrogen-bond acceptors (Lipinski definition) is 3. The second kappa shape index (κ2) is 6.72. The van der Waals surface area contributed by atoms with Crippen LogP contribution in [0.1, 0.15) is 13.8 Å². The van der Waals surface area contributed by atoms with Gasteiger partial charge < -0.3 is 15.2 Å². The first-order valence-corrected chi connectivity index (χ1v) is 5.69. The second-order valence-corrected chi connectivity index (χ2v) is 4.31. The molecule has 0 amide bonds. The molecule has 7 heteroatoms. The average molecular weight is 281 g/mol. The van der Waals surface area contributed by atoms with Crippen molar-refractivity contribution in [2.24, 2.45) is 0 Å². The molecular formula is C12H15F4NO2. The third kappa shape index (κ3) is 4.07. The van der Waals surface area contributed by atoms with Crippen molar-refractivity contribution in [2.75, 3.05) is 13.2 Å². The van der Waals surface area contributed by atoms with E-state index in [1.165, 1.54) is 0 Å². The summed E-state index contributed by atoms with van der Waals surface area (Å²) >= 11 is 0. The summed E-state index contributed by atoms with van der Waals surface area (Å²) in [7, 11) is 0. The molecular weight excluding hydrogens is 266 g/mol. The van der Waals surface area contributed by atoms with Gasteiger partial charge in [-0.1, -0.05) is 13.8 Å². The maximum Gasteiger partial charge on any atom is 0.203 e. The molecule has 0 aliphatic rings. The van der Waals surface area contributed by atoms with E-state index in [0.717, 1.165) is 0 Å². The van der Waals surface area contributed by atoms with E-state index in [4.69, 9.17) is 9.84 Å². The average Bonchev–Trinajstić information content (AvgIpc) is 2.34. The summed E-state index contributed by atoms with van der Waals surface area (Å²) in [5.41, 5.74) is 0. The van der Waals surface area contributed by atoms with Gasteiger partial charge in [-0.3, -0.25) is 0 Å². The molecule has 19 heavy (non-hydrogen) atoms. The molecule has 1 unspecified atom stereocenters. The van der Waals surface area contributed by atoms with Gasteiger partial charge in [-0.2, -0.15) is 8.78 Å². The summed E-state index contributed by atoms with van der Waals surface area (Å²) in [4.78, 5) is 0. The molecule has 1 atom stereocenters. The van der Waals surface area contributed by atoms with Crippen LogP contribution in [0.25, 0.3) is 0 Å². The van der Waals surface area contributed by atoms with E-state index in [9.17, 15) is 17.6 Å². The van der Waals surface area contributed by atoms with E-state index < -0.39 is 35.1 Å². The first-order chi connectivity index (χ1) is 8.86. The lowest BCUT2D eigenvalue weighted by Gasteiger charge is -2.20. The van der Waals surface area contributed by atoms with Gasteiger partial charge >= 0.3 is 0 Å². The Morgan fingerprint density at radius 1 is 1.16 bits per heavy atom. The van der Waals surface area contributed by atoms with Gasteiger partial charge in [-0.25, -0.2) is 8.78 Å². The smallest absolute Gasteiger partial charge is 0.203 e. The van der Waals surface area contributed by atoms with Crippen molar-refractivity contribution in [2.45, 2.75) is 25.9 Å². The van der Waals surface area contributed by atoms with Gasteiger partial charge in [-0.05, 0) is 0 Å². The molecule has 0 fully saturated rings. The maximum atomic E-state index is 13.3. The Morgan fingerprint density at radius 3 is 2.11 bits per heavy atom. The van der Waals surface area contributed by atoms with E-state index in [1.807, 2.05) is 0 Å². The predicted octanol–water partition coefficient (Wildman–Crippen LogP) is 1.98. The van der Waals surface area contributed by atoms with Gasteiger partial charge in [0.2, 0.25) is 11.6 Å². The molecule has 0 aliphatic heterocycles. The minimum atomic E-state index is -1.60. The third-order valence-electron chi connectivity index (χ3n) is 2.29. The van der Waals surface area contributed by atoms with Crippen LogP contribution >= 0.6 is 0 Å². The predicted molar refractivity (Wildman–Crippen MR) is 60.9 cm³/mol. The van der Waals surface area contributed by atoms with Crippen molar-refractivity contribution < 1.29 is 27.4 Å². The molecule has 1 aromatic rings. The molecule has 3 nitrogen and oxygen atoms in total. The topological polar surface area (TPSA) is 41.5 Å². The molecule has 0 bridgehead atoms. The maximum absolute atomic E-state index is 13.3. The van der Waals surface area contributed by atoms with E-state index in [0.29, 0.717) is 0 Å². The molecule has 0 aliphatic carbocycles. The van der Waals surface area contributed by atoms with Gasteiger partial charge in [0.25, 0.3) is 0 Å². The van der Waals surface area contributed by atoms with Crippen LogP contribution in [0.4, 0.5) is 17.6 Å². The normalized spacial score (nSPS) is 12.8. The molecule has 2 N–H and O–H groups in total. The third-order valence-corrected chi connectivity index (χ3v) is 2.29. The lowest BCUT2D eigenvalue weighted by Crippen LogP contribution is -2.41. The Labute approximate surface area is 108 Å². The van der Waals surface area contributed by atoms with E-state index >= 15 is 0 Å².